The molecule has 0 heterocycles. The van der Waals surface area contributed by atoms with Crippen LogP contribution >= 0.6 is 0 Å². The van der Waals surface area contributed by atoms with Gasteiger partial charge in [-0.25, -0.2) is 0 Å². The zero-order valence-electron chi connectivity index (χ0n) is 27.9. The van der Waals surface area contributed by atoms with Gasteiger partial charge in [0.25, 0.3) is 0 Å². The quantitative estimate of drug-likeness (QED) is 0.186. The van der Waals surface area contributed by atoms with Gasteiger partial charge in [0.2, 0.25) is 0 Å². The molecule has 0 saturated carbocycles. The third kappa shape index (κ3) is 4.45. The molecule has 0 aliphatic heterocycles. The molecular formula is C50H32O. The van der Waals surface area contributed by atoms with Crippen LogP contribution in [0.4, 0.5) is 0 Å². The van der Waals surface area contributed by atoms with E-state index in [9.17, 15) is 4.79 Å². The molecule has 1 heteroatoms. The van der Waals surface area contributed by atoms with Crippen molar-refractivity contribution >= 4 is 5.78 Å². The van der Waals surface area contributed by atoms with Crippen molar-refractivity contribution in [1.29, 1.82) is 0 Å². The number of fused-ring (bicyclic) bond motifs is 9. The summed E-state index contributed by atoms with van der Waals surface area (Å²) in [7, 11) is 0. The SMILES string of the molecule is O=C1c2ccc(-c3cccc(-c4ccccc4)c3)cc2C2(c3cc(-c4cccc(-c5ccccc5)c4)ccc31)c1ccccc1-c1ccccc12. The van der Waals surface area contributed by atoms with E-state index in [0.29, 0.717) is 0 Å². The predicted molar refractivity (Wildman–Crippen MR) is 209 cm³/mol. The second kappa shape index (κ2) is 11.5. The molecule has 0 radical (unpaired) electrons. The van der Waals surface area contributed by atoms with Gasteiger partial charge in [-0.2, -0.15) is 0 Å². The van der Waals surface area contributed by atoms with E-state index in [0.717, 1.165) is 44.5 Å². The Kier molecular flexibility index (Phi) is 6.62. The van der Waals surface area contributed by atoms with Crippen LogP contribution < -0.4 is 0 Å². The highest BCUT2D eigenvalue weighted by Gasteiger charge is 2.51. The third-order valence-corrected chi connectivity index (χ3v) is 10.9. The van der Waals surface area contributed by atoms with Crippen LogP contribution in [-0.4, -0.2) is 5.78 Å². The normalized spacial score (nSPS) is 13.3. The highest BCUT2D eigenvalue weighted by atomic mass is 16.1. The van der Waals surface area contributed by atoms with E-state index in [1.54, 1.807) is 0 Å². The molecule has 0 saturated heterocycles. The van der Waals surface area contributed by atoms with E-state index in [-0.39, 0.29) is 5.78 Å². The topological polar surface area (TPSA) is 17.1 Å². The highest BCUT2D eigenvalue weighted by Crippen LogP contribution is 2.60. The maximum absolute atomic E-state index is 14.6. The minimum absolute atomic E-state index is 0.0710. The number of ketones is 1. The number of hydrogen-bond donors (Lipinski definition) is 0. The van der Waals surface area contributed by atoms with Crippen molar-refractivity contribution in [2.75, 3.05) is 0 Å². The van der Waals surface area contributed by atoms with E-state index in [4.69, 9.17) is 0 Å². The zero-order valence-corrected chi connectivity index (χ0v) is 27.9. The van der Waals surface area contributed by atoms with E-state index >= 15 is 0 Å². The average molecular weight is 649 g/mol. The summed E-state index contributed by atoms with van der Waals surface area (Å²) in [5.41, 5.74) is 16.9. The summed E-state index contributed by atoms with van der Waals surface area (Å²) in [6.45, 7) is 0. The van der Waals surface area contributed by atoms with Crippen LogP contribution in [0, 0.1) is 0 Å². The summed E-state index contributed by atoms with van der Waals surface area (Å²) in [6, 6.07) is 69.0. The highest BCUT2D eigenvalue weighted by molar-refractivity contribution is 6.15. The van der Waals surface area contributed by atoms with Crippen LogP contribution in [0.5, 0.6) is 0 Å². The first-order valence-electron chi connectivity index (χ1n) is 17.5. The van der Waals surface area contributed by atoms with Gasteiger partial charge in [-0.05, 0) is 102 Å². The molecule has 0 unspecified atom stereocenters. The first-order valence-corrected chi connectivity index (χ1v) is 17.5. The monoisotopic (exact) mass is 648 g/mol. The minimum Gasteiger partial charge on any atom is -0.289 e. The molecule has 1 nitrogen and oxygen atoms in total. The fraction of sp³-hybridized carbons (Fsp3) is 0.0200. The Morgan fingerprint density at radius 3 is 1.06 bits per heavy atom. The maximum Gasteiger partial charge on any atom is 0.193 e. The van der Waals surface area contributed by atoms with Crippen molar-refractivity contribution in [2.45, 2.75) is 5.41 Å². The van der Waals surface area contributed by atoms with Crippen LogP contribution in [0.3, 0.4) is 0 Å². The van der Waals surface area contributed by atoms with Crippen LogP contribution in [0.2, 0.25) is 0 Å². The largest absolute Gasteiger partial charge is 0.289 e. The molecule has 1 spiro atoms. The van der Waals surface area contributed by atoms with Gasteiger partial charge in [-0.3, -0.25) is 4.79 Å². The van der Waals surface area contributed by atoms with Crippen LogP contribution in [-0.2, 0) is 5.41 Å². The standard InChI is InChI=1S/C50H32O/c51-49-43-27-25-39(37-19-11-17-35(29-37)33-13-3-1-4-14-33)31-47(43)50(45-23-9-7-21-41(45)42-22-8-10-24-46(42)50)48-32-40(26-28-44(48)49)38-20-12-18-36(30-38)34-15-5-2-6-16-34/h1-32H. The van der Waals surface area contributed by atoms with Crippen molar-refractivity contribution in [2.24, 2.45) is 0 Å². The van der Waals surface area contributed by atoms with Crippen LogP contribution in [0.15, 0.2) is 194 Å². The van der Waals surface area contributed by atoms with Crippen molar-refractivity contribution < 1.29 is 4.79 Å². The Labute approximate surface area is 298 Å². The molecule has 10 rings (SSSR count). The molecule has 0 atom stereocenters. The lowest BCUT2D eigenvalue weighted by Crippen LogP contribution is -2.36. The fourth-order valence-corrected chi connectivity index (χ4v) is 8.59. The van der Waals surface area contributed by atoms with Gasteiger partial charge in [-0.1, -0.05) is 170 Å². The molecule has 0 aromatic heterocycles. The van der Waals surface area contributed by atoms with Gasteiger partial charge in [0.1, 0.15) is 0 Å². The first kappa shape index (κ1) is 29.4. The van der Waals surface area contributed by atoms with E-state index in [1.807, 2.05) is 12.1 Å². The van der Waals surface area contributed by atoms with Crippen molar-refractivity contribution in [1.82, 2.24) is 0 Å². The van der Waals surface area contributed by atoms with Crippen LogP contribution in [0.1, 0.15) is 38.2 Å². The smallest absolute Gasteiger partial charge is 0.193 e. The van der Waals surface area contributed by atoms with Gasteiger partial charge < -0.3 is 0 Å². The van der Waals surface area contributed by atoms with Gasteiger partial charge >= 0.3 is 0 Å². The van der Waals surface area contributed by atoms with Crippen molar-refractivity contribution in [3.63, 3.8) is 0 Å². The molecule has 0 fully saturated rings. The van der Waals surface area contributed by atoms with Crippen LogP contribution in [0.25, 0.3) is 55.6 Å². The van der Waals surface area contributed by atoms with Gasteiger partial charge in [0.15, 0.2) is 5.78 Å². The van der Waals surface area contributed by atoms with E-state index < -0.39 is 5.41 Å². The molecule has 238 valence electrons. The number of rotatable bonds is 4. The van der Waals surface area contributed by atoms with Gasteiger partial charge in [0, 0.05) is 11.1 Å². The van der Waals surface area contributed by atoms with E-state index in [1.165, 1.54) is 44.5 Å². The van der Waals surface area contributed by atoms with E-state index in [2.05, 4.69) is 182 Å². The maximum atomic E-state index is 14.6. The average Bonchev–Trinajstić information content (AvgIpc) is 3.51. The predicted octanol–water partition coefficient (Wildman–Crippen LogP) is 12.3. The second-order valence-electron chi connectivity index (χ2n) is 13.6. The lowest BCUT2D eigenvalue weighted by molar-refractivity contribution is 0.103. The second-order valence-corrected chi connectivity index (χ2v) is 13.6. The molecule has 0 N–H and O–H groups in total. The molecule has 2 aliphatic carbocycles. The minimum atomic E-state index is -0.675. The summed E-state index contributed by atoms with van der Waals surface area (Å²) in [5.74, 6) is 0.0710. The molecule has 8 aromatic carbocycles. The third-order valence-electron chi connectivity index (χ3n) is 10.9. The Hall–Kier alpha value is -6.57. The number of carbonyl (C=O) groups is 1. The van der Waals surface area contributed by atoms with Crippen molar-refractivity contribution in [3.8, 4) is 55.6 Å². The van der Waals surface area contributed by atoms with Gasteiger partial charge in [-0.15, -0.1) is 0 Å². The summed E-state index contributed by atoms with van der Waals surface area (Å²) in [4.78, 5) is 14.6. The summed E-state index contributed by atoms with van der Waals surface area (Å²) in [6.07, 6.45) is 0. The molecule has 0 amide bonds. The Bertz CT molecular complexity index is 2460. The van der Waals surface area contributed by atoms with Crippen molar-refractivity contribution in [3.05, 3.63) is 228 Å². The lowest BCUT2D eigenvalue weighted by atomic mass is 9.60. The number of hydrogen-bond acceptors (Lipinski definition) is 1. The molecule has 2 aliphatic rings. The molecule has 0 bridgehead atoms. The Balaban J connectivity index is 1.23. The number of carbonyl (C=O) groups excluding carboxylic acids is 1. The molecule has 8 aromatic rings. The Morgan fingerprint density at radius 2 is 0.608 bits per heavy atom. The Morgan fingerprint density at radius 1 is 0.255 bits per heavy atom. The number of benzene rings is 8. The summed E-state index contributed by atoms with van der Waals surface area (Å²) in [5, 5.41) is 0. The summed E-state index contributed by atoms with van der Waals surface area (Å²) < 4.78 is 0. The lowest BCUT2D eigenvalue weighted by Gasteiger charge is -2.40. The summed E-state index contributed by atoms with van der Waals surface area (Å²) >= 11 is 0. The first-order chi connectivity index (χ1) is 25.2. The fourth-order valence-electron chi connectivity index (χ4n) is 8.59. The molecular weight excluding hydrogens is 617 g/mol. The van der Waals surface area contributed by atoms with Gasteiger partial charge in [0.05, 0.1) is 5.41 Å². The molecule has 51 heavy (non-hydrogen) atoms. The zero-order chi connectivity index (χ0) is 33.9.